The van der Waals surface area contributed by atoms with E-state index in [0.29, 0.717) is 5.92 Å². The van der Waals surface area contributed by atoms with Crippen LogP contribution in [-0.4, -0.2) is 6.61 Å². The van der Waals surface area contributed by atoms with Crippen LogP contribution in [0.2, 0.25) is 0 Å². The summed E-state index contributed by atoms with van der Waals surface area (Å²) in [6.45, 7) is 2.79. The minimum atomic E-state index is 0.511. The van der Waals surface area contributed by atoms with Crippen molar-refractivity contribution in [1.29, 1.82) is 0 Å². The molecule has 0 fully saturated rings. The quantitative estimate of drug-likeness (QED) is 0.851. The molecule has 0 amide bonds. The number of ether oxygens (including phenoxy) is 1. The van der Waals surface area contributed by atoms with E-state index in [4.69, 9.17) is 10.5 Å². The fourth-order valence-corrected chi connectivity index (χ4v) is 3.05. The molecule has 0 bridgehead atoms. The summed E-state index contributed by atoms with van der Waals surface area (Å²) in [5.41, 5.74) is 10.6. The van der Waals surface area contributed by atoms with E-state index < -0.39 is 0 Å². The Labute approximate surface area is 120 Å². The zero-order chi connectivity index (χ0) is 13.9. The molecule has 1 aliphatic carbocycles. The van der Waals surface area contributed by atoms with Crippen molar-refractivity contribution in [3.63, 3.8) is 0 Å². The molecule has 0 saturated carbocycles. The number of anilines is 1. The Morgan fingerprint density at radius 3 is 2.90 bits per heavy atom. The molecular formula is C18H21NO. The lowest BCUT2D eigenvalue weighted by molar-refractivity contribution is 0.273. The van der Waals surface area contributed by atoms with Gasteiger partial charge in [0.2, 0.25) is 0 Å². The number of nitrogen functional groups attached to an aromatic ring is 1. The van der Waals surface area contributed by atoms with Gasteiger partial charge in [-0.1, -0.05) is 24.3 Å². The largest absolute Gasteiger partial charge is 0.493 e. The van der Waals surface area contributed by atoms with Gasteiger partial charge in [-0.2, -0.15) is 0 Å². The maximum atomic E-state index is 6.03. The smallest absolute Gasteiger partial charge is 0.122 e. The lowest BCUT2D eigenvalue weighted by Crippen LogP contribution is -2.16. The van der Waals surface area contributed by atoms with Crippen LogP contribution in [0.25, 0.3) is 0 Å². The molecule has 1 unspecified atom stereocenters. The number of fused-ring (bicyclic) bond motifs is 1. The summed E-state index contributed by atoms with van der Waals surface area (Å²) < 4.78 is 6.03. The molecule has 20 heavy (non-hydrogen) atoms. The van der Waals surface area contributed by atoms with E-state index in [2.05, 4.69) is 24.3 Å². The number of hydrogen-bond acceptors (Lipinski definition) is 2. The third-order valence-electron chi connectivity index (χ3n) is 4.13. The number of nitrogens with two attached hydrogens (primary N) is 1. The number of benzene rings is 2. The van der Waals surface area contributed by atoms with Gasteiger partial charge in [-0.3, -0.25) is 0 Å². The van der Waals surface area contributed by atoms with Crippen LogP contribution in [0.4, 0.5) is 5.69 Å². The van der Waals surface area contributed by atoms with Crippen LogP contribution in [0.5, 0.6) is 5.75 Å². The van der Waals surface area contributed by atoms with E-state index in [9.17, 15) is 0 Å². The first-order valence-electron chi connectivity index (χ1n) is 7.31. The maximum absolute atomic E-state index is 6.03. The average molecular weight is 267 g/mol. The highest BCUT2D eigenvalue weighted by atomic mass is 16.5. The van der Waals surface area contributed by atoms with Crippen molar-refractivity contribution >= 4 is 5.69 Å². The van der Waals surface area contributed by atoms with Crippen LogP contribution in [0.1, 0.15) is 35.4 Å². The van der Waals surface area contributed by atoms with Gasteiger partial charge in [0.1, 0.15) is 5.75 Å². The SMILES string of the molecule is Cc1cc(N)ccc1OCC1CCCc2ccccc21. The second-order valence-electron chi connectivity index (χ2n) is 5.62. The van der Waals surface area contributed by atoms with Crippen molar-refractivity contribution in [2.24, 2.45) is 0 Å². The minimum Gasteiger partial charge on any atom is -0.493 e. The van der Waals surface area contributed by atoms with Crippen molar-refractivity contribution in [3.05, 3.63) is 59.2 Å². The summed E-state index contributed by atoms with van der Waals surface area (Å²) >= 11 is 0. The standard InChI is InChI=1S/C18H21NO/c1-13-11-16(19)9-10-18(13)20-12-15-7-4-6-14-5-2-3-8-17(14)15/h2-3,5,8-11,15H,4,6-7,12,19H2,1H3. The summed E-state index contributed by atoms with van der Waals surface area (Å²) in [6, 6.07) is 14.6. The topological polar surface area (TPSA) is 35.2 Å². The van der Waals surface area contributed by atoms with Crippen molar-refractivity contribution in [3.8, 4) is 5.75 Å². The third kappa shape index (κ3) is 2.64. The second kappa shape index (κ2) is 5.58. The number of hydrogen-bond donors (Lipinski definition) is 1. The third-order valence-corrected chi connectivity index (χ3v) is 4.13. The number of rotatable bonds is 3. The Kier molecular flexibility index (Phi) is 3.64. The highest BCUT2D eigenvalue weighted by Gasteiger charge is 2.20. The maximum Gasteiger partial charge on any atom is 0.122 e. The lowest BCUT2D eigenvalue weighted by Gasteiger charge is -2.25. The van der Waals surface area contributed by atoms with Gasteiger partial charge in [0.25, 0.3) is 0 Å². The van der Waals surface area contributed by atoms with Crippen LogP contribution in [0.3, 0.4) is 0 Å². The second-order valence-corrected chi connectivity index (χ2v) is 5.62. The molecule has 0 saturated heterocycles. The monoisotopic (exact) mass is 267 g/mol. The molecule has 1 aliphatic rings. The van der Waals surface area contributed by atoms with Crippen LogP contribution < -0.4 is 10.5 Å². The lowest BCUT2D eigenvalue weighted by atomic mass is 9.83. The van der Waals surface area contributed by atoms with E-state index in [1.807, 2.05) is 25.1 Å². The zero-order valence-corrected chi connectivity index (χ0v) is 11.9. The fraction of sp³-hybridized carbons (Fsp3) is 0.333. The molecule has 2 nitrogen and oxygen atoms in total. The van der Waals surface area contributed by atoms with Crippen molar-refractivity contribution in [2.45, 2.75) is 32.1 Å². The Bertz CT molecular complexity index is 606. The van der Waals surface area contributed by atoms with Crippen LogP contribution in [-0.2, 0) is 6.42 Å². The van der Waals surface area contributed by atoms with E-state index in [1.54, 1.807) is 0 Å². The van der Waals surface area contributed by atoms with Crippen molar-refractivity contribution in [2.75, 3.05) is 12.3 Å². The zero-order valence-electron chi connectivity index (χ0n) is 11.9. The van der Waals surface area contributed by atoms with Gasteiger partial charge >= 0.3 is 0 Å². The van der Waals surface area contributed by atoms with Crippen molar-refractivity contribution in [1.82, 2.24) is 0 Å². The molecule has 2 aromatic rings. The van der Waals surface area contributed by atoms with Gasteiger partial charge in [0.15, 0.2) is 0 Å². The van der Waals surface area contributed by atoms with Gasteiger partial charge in [-0.05, 0) is 61.1 Å². The first kappa shape index (κ1) is 13.0. The van der Waals surface area contributed by atoms with Gasteiger partial charge in [-0.15, -0.1) is 0 Å². The average Bonchev–Trinajstić information content (AvgIpc) is 2.46. The summed E-state index contributed by atoms with van der Waals surface area (Å²) in [4.78, 5) is 0. The molecule has 0 radical (unpaired) electrons. The molecule has 1 atom stereocenters. The molecule has 3 rings (SSSR count). The van der Waals surface area contributed by atoms with E-state index in [1.165, 1.54) is 30.4 Å². The van der Waals surface area contributed by atoms with E-state index in [0.717, 1.165) is 23.6 Å². The molecule has 2 heteroatoms. The van der Waals surface area contributed by atoms with Gasteiger partial charge in [0, 0.05) is 11.6 Å². The molecule has 0 aliphatic heterocycles. The molecule has 2 aromatic carbocycles. The Balaban J connectivity index is 1.73. The summed E-state index contributed by atoms with van der Waals surface area (Å²) in [7, 11) is 0. The molecular weight excluding hydrogens is 246 g/mol. The van der Waals surface area contributed by atoms with E-state index in [-0.39, 0.29) is 0 Å². The van der Waals surface area contributed by atoms with E-state index >= 15 is 0 Å². The predicted molar refractivity (Wildman–Crippen MR) is 83.2 cm³/mol. The van der Waals surface area contributed by atoms with Crippen LogP contribution in [0.15, 0.2) is 42.5 Å². The predicted octanol–water partition coefficient (Wildman–Crippen LogP) is 4.08. The Morgan fingerprint density at radius 2 is 2.05 bits per heavy atom. The highest BCUT2D eigenvalue weighted by Crippen LogP contribution is 2.32. The van der Waals surface area contributed by atoms with Gasteiger partial charge in [-0.25, -0.2) is 0 Å². The first-order chi connectivity index (χ1) is 9.74. The minimum absolute atomic E-state index is 0.511. The van der Waals surface area contributed by atoms with Crippen LogP contribution in [0, 0.1) is 6.92 Å². The normalized spacial score (nSPS) is 17.6. The molecule has 0 heterocycles. The molecule has 0 spiro atoms. The summed E-state index contributed by atoms with van der Waals surface area (Å²) in [6.07, 6.45) is 3.67. The number of aryl methyl sites for hydroxylation is 2. The first-order valence-corrected chi connectivity index (χ1v) is 7.31. The summed E-state index contributed by atoms with van der Waals surface area (Å²) in [5.74, 6) is 1.46. The van der Waals surface area contributed by atoms with Gasteiger partial charge < -0.3 is 10.5 Å². The highest BCUT2D eigenvalue weighted by molar-refractivity contribution is 5.47. The van der Waals surface area contributed by atoms with Crippen LogP contribution >= 0.6 is 0 Å². The van der Waals surface area contributed by atoms with Gasteiger partial charge in [0.05, 0.1) is 6.61 Å². The molecule has 2 N–H and O–H groups in total. The Morgan fingerprint density at radius 1 is 1.20 bits per heavy atom. The molecule has 0 aromatic heterocycles. The Hall–Kier alpha value is -1.96. The summed E-state index contributed by atoms with van der Waals surface area (Å²) in [5, 5.41) is 0. The van der Waals surface area contributed by atoms with Crippen molar-refractivity contribution < 1.29 is 4.74 Å². The molecule has 104 valence electrons. The fourth-order valence-electron chi connectivity index (χ4n) is 3.05.